The molecule has 0 amide bonds. The van der Waals surface area contributed by atoms with Crippen molar-refractivity contribution in [2.24, 2.45) is 23.2 Å². The summed E-state index contributed by atoms with van der Waals surface area (Å²) in [5, 5.41) is 0. The Morgan fingerprint density at radius 2 is 1.74 bits per heavy atom. The molecule has 224 valence electrons. The Bertz CT molecular complexity index is 1330. The van der Waals surface area contributed by atoms with Crippen LogP contribution in [0.1, 0.15) is 129 Å². The Morgan fingerprint density at radius 3 is 2.48 bits per heavy atom. The largest absolute Gasteiger partial charge is 0.493 e. The van der Waals surface area contributed by atoms with Crippen molar-refractivity contribution in [2.45, 2.75) is 117 Å². The molecule has 2 aromatic rings. The molecule has 2 saturated carbocycles. The number of fused-ring (bicyclic) bond motifs is 1. The lowest BCUT2D eigenvalue weighted by Crippen LogP contribution is -2.34. The molecule has 4 aliphatic rings. The van der Waals surface area contributed by atoms with Crippen LogP contribution in [-0.2, 0) is 6.42 Å². The molecule has 42 heavy (non-hydrogen) atoms. The smallest absolute Gasteiger partial charge is 0.166 e. The Kier molecular flexibility index (Phi) is 8.80. The molecule has 0 spiro atoms. The summed E-state index contributed by atoms with van der Waals surface area (Å²) in [5.41, 5.74) is 9.66. The van der Waals surface area contributed by atoms with Gasteiger partial charge < -0.3 is 4.74 Å². The van der Waals surface area contributed by atoms with E-state index in [1.807, 2.05) is 0 Å². The van der Waals surface area contributed by atoms with Crippen molar-refractivity contribution in [1.82, 2.24) is 0 Å². The molecule has 2 fully saturated rings. The molecule has 6 rings (SSSR count). The number of benzene rings is 2. The molecule has 1 heterocycles. The van der Waals surface area contributed by atoms with Crippen molar-refractivity contribution < 1.29 is 9.53 Å². The highest BCUT2D eigenvalue weighted by Crippen LogP contribution is 2.51. The Hall–Kier alpha value is -2.61. The Labute approximate surface area is 255 Å². The average Bonchev–Trinajstić information content (AvgIpc) is 3.24. The van der Waals surface area contributed by atoms with Crippen molar-refractivity contribution in [3.8, 4) is 5.75 Å². The number of carbonyl (C=O) groups is 1. The summed E-state index contributed by atoms with van der Waals surface area (Å²) in [6.07, 6.45) is 20.7. The van der Waals surface area contributed by atoms with Gasteiger partial charge in [0.2, 0.25) is 0 Å². The van der Waals surface area contributed by atoms with Crippen LogP contribution in [0.15, 0.2) is 59.7 Å². The van der Waals surface area contributed by atoms with E-state index in [2.05, 4.69) is 76.2 Å². The molecule has 0 N–H and O–H groups in total. The van der Waals surface area contributed by atoms with Crippen molar-refractivity contribution >= 4 is 5.78 Å². The van der Waals surface area contributed by atoms with E-state index in [-0.39, 0.29) is 5.92 Å². The maximum atomic E-state index is 13.6. The molecule has 2 nitrogen and oxygen atoms in total. The van der Waals surface area contributed by atoms with E-state index in [1.54, 1.807) is 11.1 Å². The molecule has 3 unspecified atom stereocenters. The molecule has 3 atom stereocenters. The first-order valence-corrected chi connectivity index (χ1v) is 17.0. The molecule has 3 aliphatic carbocycles. The van der Waals surface area contributed by atoms with E-state index in [9.17, 15) is 4.79 Å². The summed E-state index contributed by atoms with van der Waals surface area (Å²) in [4.78, 5) is 13.6. The lowest BCUT2D eigenvalue weighted by atomic mass is 9.62. The van der Waals surface area contributed by atoms with Crippen LogP contribution in [0, 0.1) is 37.0 Å². The predicted octanol–water partition coefficient (Wildman–Crippen LogP) is 10.7. The van der Waals surface area contributed by atoms with Crippen molar-refractivity contribution in [3.05, 3.63) is 87.5 Å². The maximum absolute atomic E-state index is 13.6. The van der Waals surface area contributed by atoms with Crippen LogP contribution in [0.3, 0.4) is 0 Å². The van der Waals surface area contributed by atoms with E-state index in [1.165, 1.54) is 62.5 Å². The summed E-state index contributed by atoms with van der Waals surface area (Å²) in [6, 6.07) is 13.4. The summed E-state index contributed by atoms with van der Waals surface area (Å²) >= 11 is 0. The van der Waals surface area contributed by atoms with E-state index in [0.29, 0.717) is 17.1 Å². The second-order valence-corrected chi connectivity index (χ2v) is 14.6. The zero-order chi connectivity index (χ0) is 29.3. The first-order valence-electron chi connectivity index (χ1n) is 17.0. The number of aryl methyl sites for hydroxylation is 3. The van der Waals surface area contributed by atoms with Gasteiger partial charge in [-0.25, -0.2) is 0 Å². The average molecular weight is 565 g/mol. The van der Waals surface area contributed by atoms with Gasteiger partial charge in [-0.3, -0.25) is 4.79 Å². The van der Waals surface area contributed by atoms with Gasteiger partial charge in [0.1, 0.15) is 5.75 Å². The van der Waals surface area contributed by atoms with Gasteiger partial charge >= 0.3 is 0 Å². The monoisotopic (exact) mass is 564 g/mol. The van der Waals surface area contributed by atoms with Gasteiger partial charge in [0.25, 0.3) is 0 Å². The quantitative estimate of drug-likeness (QED) is 0.247. The van der Waals surface area contributed by atoms with Gasteiger partial charge in [0.15, 0.2) is 5.78 Å². The Balaban J connectivity index is 1.14. The molecule has 0 bridgehead atoms. The zero-order valence-electron chi connectivity index (χ0n) is 26.6. The van der Waals surface area contributed by atoms with Crippen LogP contribution in [0.4, 0.5) is 0 Å². The van der Waals surface area contributed by atoms with E-state index in [4.69, 9.17) is 4.74 Å². The number of hydrogen-bond acceptors (Lipinski definition) is 2. The van der Waals surface area contributed by atoms with Crippen LogP contribution in [0.25, 0.3) is 0 Å². The van der Waals surface area contributed by atoms with Crippen LogP contribution < -0.4 is 4.74 Å². The van der Waals surface area contributed by atoms with Gasteiger partial charge in [0, 0.05) is 11.5 Å². The van der Waals surface area contributed by atoms with Crippen LogP contribution in [0.5, 0.6) is 5.75 Å². The summed E-state index contributed by atoms with van der Waals surface area (Å²) in [7, 11) is 0. The van der Waals surface area contributed by atoms with Crippen LogP contribution in [-0.4, -0.2) is 12.4 Å². The fourth-order valence-corrected chi connectivity index (χ4v) is 9.07. The van der Waals surface area contributed by atoms with E-state index in [0.717, 1.165) is 73.0 Å². The van der Waals surface area contributed by atoms with Crippen molar-refractivity contribution in [1.29, 1.82) is 0 Å². The highest BCUT2D eigenvalue weighted by Gasteiger charge is 2.41. The lowest BCUT2D eigenvalue weighted by Gasteiger charge is -2.43. The van der Waals surface area contributed by atoms with Gasteiger partial charge in [-0.1, -0.05) is 67.0 Å². The number of hydrogen-bond donors (Lipinski definition) is 0. The zero-order valence-corrected chi connectivity index (χ0v) is 26.6. The molecule has 1 aliphatic heterocycles. The third-order valence-corrected chi connectivity index (χ3v) is 11.7. The number of Topliss-reactive ketones (excluding diaryl/α,β-unsaturated/α-hetero) is 1. The highest BCUT2D eigenvalue weighted by molar-refractivity contribution is 6.00. The number of ether oxygens (including phenoxy) is 1. The minimum atomic E-state index is 0.199. The molecule has 0 aromatic heterocycles. The SMILES string of the molecule is CC1=CC(CC(c2ccc3c(c2)CCCO3)C2CCCC(C3(C)CCC(C(=O)c4c(C)cccc4C)CC3)CC2)=CC1. The minimum absolute atomic E-state index is 0.199. The minimum Gasteiger partial charge on any atom is -0.493 e. The lowest BCUT2D eigenvalue weighted by molar-refractivity contribution is 0.0642. The van der Waals surface area contributed by atoms with Crippen molar-refractivity contribution in [2.75, 3.05) is 6.61 Å². The first-order chi connectivity index (χ1) is 20.3. The molecule has 0 radical (unpaired) electrons. The molecule has 2 heteroatoms. The maximum Gasteiger partial charge on any atom is 0.166 e. The third kappa shape index (κ3) is 6.20. The number of ketones is 1. The summed E-state index contributed by atoms with van der Waals surface area (Å²) in [5.74, 6) is 3.81. The van der Waals surface area contributed by atoms with Gasteiger partial charge in [-0.2, -0.15) is 0 Å². The van der Waals surface area contributed by atoms with Crippen molar-refractivity contribution in [3.63, 3.8) is 0 Å². The molecule has 0 saturated heterocycles. The first kappa shape index (κ1) is 29.5. The second kappa shape index (κ2) is 12.6. The van der Waals surface area contributed by atoms with Crippen LogP contribution >= 0.6 is 0 Å². The number of carbonyl (C=O) groups excluding carboxylic acids is 1. The van der Waals surface area contributed by atoms with Gasteiger partial charge in [0.05, 0.1) is 6.61 Å². The normalized spacial score (nSPS) is 28.6. The van der Waals surface area contributed by atoms with Gasteiger partial charge in [-0.15, -0.1) is 0 Å². The number of allylic oxidation sites excluding steroid dienone is 4. The standard InChI is InChI=1S/C40H52O2/c1-27-13-14-30(24-27)25-36(33-16-18-37-34(26-33)11-7-23-42-37)31-10-6-12-35(17-15-31)40(4)21-19-32(20-22-40)39(41)38-28(2)8-5-9-29(38)3/h5,8-9,14,16,18,24,26,31-32,35-36H,6-7,10-13,15,17,19-23,25H2,1-4H3. The predicted molar refractivity (Wildman–Crippen MR) is 174 cm³/mol. The molecular formula is C40H52O2. The fraction of sp³-hybridized carbons (Fsp3) is 0.575. The van der Waals surface area contributed by atoms with E-state index >= 15 is 0 Å². The summed E-state index contributed by atoms with van der Waals surface area (Å²) < 4.78 is 5.98. The topological polar surface area (TPSA) is 26.3 Å². The van der Waals surface area contributed by atoms with Gasteiger partial charge in [-0.05, 0) is 149 Å². The van der Waals surface area contributed by atoms with Crippen LogP contribution in [0.2, 0.25) is 0 Å². The Morgan fingerprint density at radius 1 is 0.952 bits per heavy atom. The summed E-state index contributed by atoms with van der Waals surface area (Å²) in [6.45, 7) is 9.89. The highest BCUT2D eigenvalue weighted by atomic mass is 16.5. The molecular weight excluding hydrogens is 512 g/mol. The second-order valence-electron chi connectivity index (χ2n) is 14.6. The van der Waals surface area contributed by atoms with E-state index < -0.39 is 0 Å². The fourth-order valence-electron chi connectivity index (χ4n) is 9.07. The third-order valence-electron chi connectivity index (χ3n) is 11.7. The number of rotatable bonds is 7. The molecule has 2 aromatic carbocycles.